The highest BCUT2D eigenvalue weighted by molar-refractivity contribution is 5.72. The lowest BCUT2D eigenvalue weighted by atomic mass is 10.00. The summed E-state index contributed by atoms with van der Waals surface area (Å²) in [6, 6.07) is 3.46. The number of alkyl halides is 3. The van der Waals surface area contributed by atoms with E-state index in [-0.39, 0.29) is 11.1 Å². The molecule has 1 N–H and O–H groups in total. The van der Waals surface area contributed by atoms with Gasteiger partial charge in [0.1, 0.15) is 5.75 Å². The van der Waals surface area contributed by atoms with E-state index in [9.17, 15) is 18.3 Å². The van der Waals surface area contributed by atoms with Gasteiger partial charge in [0, 0.05) is 24.3 Å². The molecule has 3 heterocycles. The molecule has 0 saturated carbocycles. The summed E-state index contributed by atoms with van der Waals surface area (Å²) in [6.45, 7) is 5.98. The Morgan fingerprint density at radius 3 is 2.48 bits per heavy atom. The number of aryl methyl sites for hydroxylation is 2. The minimum Gasteiger partial charge on any atom is -0.507 e. The van der Waals surface area contributed by atoms with E-state index in [1.807, 2.05) is 11.8 Å². The maximum atomic E-state index is 13.0. The van der Waals surface area contributed by atoms with Crippen LogP contribution in [0.1, 0.15) is 23.7 Å². The number of nitrogens with zero attached hydrogens (tertiary/aromatic N) is 5. The molecule has 2 aromatic heterocycles. The SMILES string of the molecule is CCc1cc(-c2c(C)cc(C(F)(F)F)cc2O)nc2nc(N3CCOCC3)nn12. The summed E-state index contributed by atoms with van der Waals surface area (Å²) >= 11 is 0. The molecule has 3 aromatic rings. The molecule has 0 radical (unpaired) electrons. The van der Waals surface area contributed by atoms with Gasteiger partial charge in [-0.05, 0) is 37.1 Å². The molecule has 7 nitrogen and oxygen atoms in total. The van der Waals surface area contributed by atoms with E-state index in [4.69, 9.17) is 4.74 Å². The molecule has 1 aliphatic heterocycles. The van der Waals surface area contributed by atoms with Crippen LogP contribution in [0.25, 0.3) is 17.0 Å². The second kappa shape index (κ2) is 7.18. The van der Waals surface area contributed by atoms with Crippen molar-refractivity contribution in [3.8, 4) is 17.0 Å². The average Bonchev–Trinajstić information content (AvgIpc) is 3.11. The fourth-order valence-corrected chi connectivity index (χ4v) is 3.46. The second-order valence-electron chi connectivity index (χ2n) is 6.89. The van der Waals surface area contributed by atoms with Gasteiger partial charge in [0.15, 0.2) is 0 Å². The van der Waals surface area contributed by atoms with Crippen LogP contribution < -0.4 is 4.90 Å². The number of benzene rings is 1. The topological polar surface area (TPSA) is 75.8 Å². The van der Waals surface area contributed by atoms with Gasteiger partial charge in [-0.1, -0.05) is 6.92 Å². The first-order chi connectivity index (χ1) is 13.8. The lowest BCUT2D eigenvalue weighted by Gasteiger charge is -2.25. The normalized spacial score (nSPS) is 15.3. The summed E-state index contributed by atoms with van der Waals surface area (Å²) in [7, 11) is 0. The van der Waals surface area contributed by atoms with E-state index < -0.39 is 17.5 Å². The van der Waals surface area contributed by atoms with Gasteiger partial charge < -0.3 is 14.7 Å². The summed E-state index contributed by atoms with van der Waals surface area (Å²) in [6.07, 6.45) is -3.93. The predicted molar refractivity (Wildman–Crippen MR) is 100 cm³/mol. The van der Waals surface area contributed by atoms with Gasteiger partial charge in [-0.15, -0.1) is 5.10 Å². The minimum atomic E-state index is -4.53. The van der Waals surface area contributed by atoms with Gasteiger partial charge in [0.05, 0.1) is 24.5 Å². The van der Waals surface area contributed by atoms with Crippen LogP contribution >= 0.6 is 0 Å². The maximum Gasteiger partial charge on any atom is 0.416 e. The molecule has 0 spiro atoms. The monoisotopic (exact) mass is 407 g/mol. The van der Waals surface area contributed by atoms with E-state index in [1.165, 1.54) is 6.92 Å². The number of halogens is 3. The molecular formula is C19H20F3N5O2. The molecule has 1 saturated heterocycles. The molecule has 0 amide bonds. The van der Waals surface area contributed by atoms with Crippen molar-refractivity contribution in [2.75, 3.05) is 31.2 Å². The smallest absolute Gasteiger partial charge is 0.416 e. The number of ether oxygens (including phenoxy) is 1. The number of hydrogen-bond acceptors (Lipinski definition) is 6. The third-order valence-electron chi connectivity index (χ3n) is 4.93. The number of rotatable bonds is 3. The van der Waals surface area contributed by atoms with Crippen molar-refractivity contribution in [3.63, 3.8) is 0 Å². The molecule has 29 heavy (non-hydrogen) atoms. The van der Waals surface area contributed by atoms with Crippen LogP contribution in [-0.2, 0) is 17.3 Å². The van der Waals surface area contributed by atoms with Gasteiger partial charge in [0.2, 0.25) is 5.95 Å². The number of phenols is 1. The zero-order valence-corrected chi connectivity index (χ0v) is 16.0. The first-order valence-electron chi connectivity index (χ1n) is 9.28. The standard InChI is InChI=1S/C19H20F3N5O2/c1-3-13-10-14(16-11(2)8-12(9-15(16)28)19(20,21)22)23-17-24-18(25-27(13)17)26-4-6-29-7-5-26/h8-10,28H,3-7H2,1-2H3. The largest absolute Gasteiger partial charge is 0.507 e. The fraction of sp³-hybridized carbons (Fsp3) is 0.421. The lowest BCUT2D eigenvalue weighted by molar-refractivity contribution is -0.137. The van der Waals surface area contributed by atoms with Crippen molar-refractivity contribution in [2.45, 2.75) is 26.4 Å². The molecule has 10 heteroatoms. The zero-order chi connectivity index (χ0) is 20.8. The minimum absolute atomic E-state index is 0.256. The van der Waals surface area contributed by atoms with Gasteiger partial charge in [0.25, 0.3) is 5.78 Å². The number of anilines is 1. The number of hydrogen-bond donors (Lipinski definition) is 1. The van der Waals surface area contributed by atoms with Gasteiger partial charge in [-0.25, -0.2) is 4.98 Å². The summed E-state index contributed by atoms with van der Waals surface area (Å²) in [5.41, 5.74) is 0.787. The molecule has 0 unspecified atom stereocenters. The van der Waals surface area contributed by atoms with E-state index in [1.54, 1.807) is 10.6 Å². The van der Waals surface area contributed by atoms with E-state index in [2.05, 4.69) is 15.1 Å². The highest BCUT2D eigenvalue weighted by atomic mass is 19.4. The highest BCUT2D eigenvalue weighted by Crippen LogP contribution is 2.38. The van der Waals surface area contributed by atoms with Crippen LogP contribution in [0.5, 0.6) is 5.75 Å². The molecule has 0 bridgehead atoms. The molecule has 4 rings (SSSR count). The van der Waals surface area contributed by atoms with Crippen LogP contribution in [0.3, 0.4) is 0 Å². The van der Waals surface area contributed by atoms with Crippen molar-refractivity contribution < 1.29 is 23.0 Å². The first-order valence-corrected chi connectivity index (χ1v) is 9.28. The molecular weight excluding hydrogens is 387 g/mol. The molecule has 1 fully saturated rings. The van der Waals surface area contributed by atoms with Crippen molar-refractivity contribution in [1.82, 2.24) is 19.6 Å². The number of aromatic hydroxyl groups is 1. The Hall–Kier alpha value is -2.88. The van der Waals surface area contributed by atoms with E-state index >= 15 is 0 Å². The number of fused-ring (bicyclic) bond motifs is 1. The van der Waals surface area contributed by atoms with E-state index in [0.29, 0.717) is 50.1 Å². The summed E-state index contributed by atoms with van der Waals surface area (Å²) in [5.74, 6) is 0.393. The van der Waals surface area contributed by atoms with Crippen LogP contribution in [0.15, 0.2) is 18.2 Å². The van der Waals surface area contributed by atoms with Crippen molar-refractivity contribution in [1.29, 1.82) is 0 Å². The Balaban J connectivity index is 1.82. The van der Waals surface area contributed by atoms with Crippen LogP contribution in [0.4, 0.5) is 19.1 Å². The van der Waals surface area contributed by atoms with Crippen molar-refractivity contribution >= 4 is 11.7 Å². The van der Waals surface area contributed by atoms with Gasteiger partial charge >= 0.3 is 6.18 Å². The number of morpholine rings is 1. The second-order valence-corrected chi connectivity index (χ2v) is 6.89. The van der Waals surface area contributed by atoms with Crippen molar-refractivity contribution in [3.05, 3.63) is 35.0 Å². The van der Waals surface area contributed by atoms with Gasteiger partial charge in [-0.2, -0.15) is 22.7 Å². The Kier molecular flexibility index (Phi) is 4.81. The fourth-order valence-electron chi connectivity index (χ4n) is 3.46. The van der Waals surface area contributed by atoms with Crippen molar-refractivity contribution in [2.24, 2.45) is 0 Å². The lowest BCUT2D eigenvalue weighted by Crippen LogP contribution is -2.36. The van der Waals surface area contributed by atoms with Crippen LogP contribution in [-0.4, -0.2) is 51.0 Å². The first kappa shape index (κ1) is 19.4. The molecule has 0 aliphatic carbocycles. The number of aromatic nitrogens is 4. The predicted octanol–water partition coefficient (Wildman–Crippen LogP) is 3.22. The Morgan fingerprint density at radius 2 is 1.86 bits per heavy atom. The van der Waals surface area contributed by atoms with Crippen LogP contribution in [0, 0.1) is 6.92 Å². The van der Waals surface area contributed by atoms with Crippen LogP contribution in [0.2, 0.25) is 0 Å². The zero-order valence-electron chi connectivity index (χ0n) is 16.0. The molecule has 0 atom stereocenters. The highest BCUT2D eigenvalue weighted by Gasteiger charge is 2.32. The molecule has 154 valence electrons. The quantitative estimate of drug-likeness (QED) is 0.719. The number of phenolic OH excluding ortho intramolecular Hbond substituents is 1. The Bertz CT molecular complexity index is 1030. The Morgan fingerprint density at radius 1 is 1.14 bits per heavy atom. The maximum absolute atomic E-state index is 13.0. The average molecular weight is 407 g/mol. The summed E-state index contributed by atoms with van der Waals surface area (Å²) < 4.78 is 46.1. The molecule has 1 aromatic carbocycles. The van der Waals surface area contributed by atoms with Gasteiger partial charge in [-0.3, -0.25) is 0 Å². The Labute approximate surface area is 164 Å². The summed E-state index contributed by atoms with van der Waals surface area (Å²) in [5, 5.41) is 14.9. The third-order valence-corrected chi connectivity index (χ3v) is 4.93. The molecule has 1 aliphatic rings. The third kappa shape index (κ3) is 3.59. The summed E-state index contributed by atoms with van der Waals surface area (Å²) in [4.78, 5) is 11.0. The van der Waals surface area contributed by atoms with E-state index in [0.717, 1.165) is 17.8 Å².